The Morgan fingerprint density at radius 3 is 2.88 bits per heavy atom. The Kier molecular flexibility index (Phi) is 4.83. The molecule has 1 aliphatic rings. The minimum absolute atomic E-state index is 0.609. The van der Waals surface area contributed by atoms with Crippen molar-refractivity contribution in [1.29, 1.82) is 0 Å². The normalized spacial score (nSPS) is 21.4. The molecule has 4 heteroatoms. The molecular weight excluding hydrogens is 280 g/mol. The van der Waals surface area contributed by atoms with Crippen LogP contribution >= 0.6 is 15.9 Å². The third-order valence-corrected chi connectivity index (χ3v) is 3.63. The molecule has 1 heterocycles. The Morgan fingerprint density at radius 2 is 2.18 bits per heavy atom. The molecule has 0 radical (unpaired) electrons. The van der Waals surface area contributed by atoms with Crippen LogP contribution in [-0.2, 0) is 0 Å². The Labute approximate surface area is 111 Å². The van der Waals surface area contributed by atoms with Gasteiger partial charge in [0.15, 0.2) is 0 Å². The van der Waals surface area contributed by atoms with E-state index in [1.807, 2.05) is 24.3 Å². The van der Waals surface area contributed by atoms with E-state index in [0.717, 1.165) is 43.0 Å². The summed E-state index contributed by atoms with van der Waals surface area (Å²) >= 11 is 3.41. The predicted octanol–water partition coefficient (Wildman–Crippen LogP) is 2.12. The summed E-state index contributed by atoms with van der Waals surface area (Å²) in [6.07, 6.45) is 0. The van der Waals surface area contributed by atoms with Crippen molar-refractivity contribution in [3.8, 4) is 5.75 Å². The van der Waals surface area contributed by atoms with Crippen LogP contribution in [0, 0.1) is 0 Å². The van der Waals surface area contributed by atoms with Crippen LogP contribution in [0.5, 0.6) is 5.75 Å². The van der Waals surface area contributed by atoms with Crippen molar-refractivity contribution < 1.29 is 4.74 Å². The standard InChI is InChI=1S/C13H19BrN2O/c1-11-10-15-6-7-16(11)8-9-17-13-4-2-12(14)3-5-13/h2-5,11,15H,6-10H2,1H3. The predicted molar refractivity (Wildman–Crippen MR) is 73.5 cm³/mol. The molecule has 1 N–H and O–H groups in total. The summed E-state index contributed by atoms with van der Waals surface area (Å²) < 4.78 is 6.81. The zero-order valence-corrected chi connectivity index (χ0v) is 11.7. The largest absolute Gasteiger partial charge is 0.492 e. The van der Waals surface area contributed by atoms with Gasteiger partial charge in [0, 0.05) is 36.7 Å². The quantitative estimate of drug-likeness (QED) is 0.922. The first-order valence-electron chi connectivity index (χ1n) is 6.09. The van der Waals surface area contributed by atoms with Crippen LogP contribution in [0.25, 0.3) is 0 Å². The highest BCUT2D eigenvalue weighted by Crippen LogP contribution is 2.16. The van der Waals surface area contributed by atoms with Crippen LogP contribution in [0.1, 0.15) is 6.92 Å². The smallest absolute Gasteiger partial charge is 0.119 e. The van der Waals surface area contributed by atoms with Crippen molar-refractivity contribution in [2.45, 2.75) is 13.0 Å². The summed E-state index contributed by atoms with van der Waals surface area (Å²) in [6.45, 7) is 7.29. The maximum Gasteiger partial charge on any atom is 0.119 e. The van der Waals surface area contributed by atoms with E-state index < -0.39 is 0 Å². The fourth-order valence-electron chi connectivity index (χ4n) is 2.03. The van der Waals surface area contributed by atoms with Crippen LogP contribution in [0.2, 0.25) is 0 Å². The summed E-state index contributed by atoms with van der Waals surface area (Å²) in [5.41, 5.74) is 0. The van der Waals surface area contributed by atoms with Gasteiger partial charge in [0.25, 0.3) is 0 Å². The molecule has 1 atom stereocenters. The van der Waals surface area contributed by atoms with Gasteiger partial charge in [-0.2, -0.15) is 0 Å². The van der Waals surface area contributed by atoms with E-state index in [9.17, 15) is 0 Å². The van der Waals surface area contributed by atoms with Gasteiger partial charge in [-0.1, -0.05) is 15.9 Å². The second-order valence-corrected chi connectivity index (χ2v) is 5.31. The van der Waals surface area contributed by atoms with Gasteiger partial charge in [0.2, 0.25) is 0 Å². The van der Waals surface area contributed by atoms with Crippen LogP contribution < -0.4 is 10.1 Å². The van der Waals surface area contributed by atoms with Gasteiger partial charge in [-0.05, 0) is 31.2 Å². The molecule has 0 aliphatic carbocycles. The summed E-state index contributed by atoms with van der Waals surface area (Å²) in [5.74, 6) is 0.941. The molecule has 2 rings (SSSR count). The Hall–Kier alpha value is -0.580. The van der Waals surface area contributed by atoms with E-state index in [-0.39, 0.29) is 0 Å². The fraction of sp³-hybridized carbons (Fsp3) is 0.538. The number of hydrogen-bond donors (Lipinski definition) is 1. The average Bonchev–Trinajstić information content (AvgIpc) is 2.34. The summed E-state index contributed by atoms with van der Waals surface area (Å²) in [4.78, 5) is 2.47. The van der Waals surface area contributed by atoms with Crippen LogP contribution in [0.15, 0.2) is 28.7 Å². The Bertz CT molecular complexity index is 342. The van der Waals surface area contributed by atoms with E-state index in [1.54, 1.807) is 0 Å². The maximum absolute atomic E-state index is 5.73. The average molecular weight is 299 g/mol. The van der Waals surface area contributed by atoms with Crippen molar-refractivity contribution in [2.24, 2.45) is 0 Å². The number of ether oxygens (including phenoxy) is 1. The molecular formula is C13H19BrN2O. The van der Waals surface area contributed by atoms with Gasteiger partial charge >= 0.3 is 0 Å². The summed E-state index contributed by atoms with van der Waals surface area (Å²) in [7, 11) is 0. The second-order valence-electron chi connectivity index (χ2n) is 4.39. The molecule has 1 aromatic carbocycles. The number of nitrogens with one attached hydrogen (secondary N) is 1. The van der Waals surface area contributed by atoms with E-state index in [0.29, 0.717) is 6.04 Å². The lowest BCUT2D eigenvalue weighted by Crippen LogP contribution is -2.50. The van der Waals surface area contributed by atoms with Gasteiger partial charge in [0.1, 0.15) is 12.4 Å². The van der Waals surface area contributed by atoms with E-state index in [2.05, 4.69) is 33.1 Å². The van der Waals surface area contributed by atoms with Crippen LogP contribution in [0.4, 0.5) is 0 Å². The lowest BCUT2D eigenvalue weighted by atomic mass is 10.2. The minimum Gasteiger partial charge on any atom is -0.492 e. The van der Waals surface area contributed by atoms with Crippen molar-refractivity contribution in [3.05, 3.63) is 28.7 Å². The number of rotatable bonds is 4. The van der Waals surface area contributed by atoms with Gasteiger partial charge in [-0.3, -0.25) is 4.90 Å². The summed E-state index contributed by atoms with van der Waals surface area (Å²) in [5, 5.41) is 3.39. The third-order valence-electron chi connectivity index (χ3n) is 3.10. The maximum atomic E-state index is 5.73. The number of benzene rings is 1. The van der Waals surface area contributed by atoms with Gasteiger partial charge in [0.05, 0.1) is 0 Å². The van der Waals surface area contributed by atoms with Gasteiger partial charge in [-0.25, -0.2) is 0 Å². The molecule has 0 saturated carbocycles. The molecule has 1 saturated heterocycles. The first kappa shape index (κ1) is 12.9. The van der Waals surface area contributed by atoms with Gasteiger partial charge in [-0.15, -0.1) is 0 Å². The second kappa shape index (κ2) is 6.38. The number of piperazine rings is 1. The molecule has 0 amide bonds. The number of nitrogens with zero attached hydrogens (tertiary/aromatic N) is 1. The Balaban J connectivity index is 1.73. The molecule has 1 unspecified atom stereocenters. The number of halogens is 1. The lowest BCUT2D eigenvalue weighted by Gasteiger charge is -2.33. The van der Waals surface area contributed by atoms with Crippen LogP contribution in [-0.4, -0.2) is 43.7 Å². The molecule has 1 aliphatic heterocycles. The molecule has 0 spiro atoms. The topological polar surface area (TPSA) is 24.5 Å². The summed E-state index contributed by atoms with van der Waals surface area (Å²) in [6, 6.07) is 8.60. The molecule has 1 fully saturated rings. The fourth-order valence-corrected chi connectivity index (χ4v) is 2.29. The zero-order valence-electron chi connectivity index (χ0n) is 10.2. The first-order valence-corrected chi connectivity index (χ1v) is 6.88. The highest BCUT2D eigenvalue weighted by atomic mass is 79.9. The highest BCUT2D eigenvalue weighted by molar-refractivity contribution is 9.10. The van der Waals surface area contributed by atoms with E-state index >= 15 is 0 Å². The molecule has 17 heavy (non-hydrogen) atoms. The van der Waals surface area contributed by atoms with Crippen molar-refractivity contribution in [3.63, 3.8) is 0 Å². The van der Waals surface area contributed by atoms with Crippen LogP contribution in [0.3, 0.4) is 0 Å². The van der Waals surface area contributed by atoms with Crippen molar-refractivity contribution in [1.82, 2.24) is 10.2 Å². The Morgan fingerprint density at radius 1 is 1.41 bits per heavy atom. The minimum atomic E-state index is 0.609. The molecule has 0 bridgehead atoms. The first-order chi connectivity index (χ1) is 8.25. The van der Waals surface area contributed by atoms with E-state index in [4.69, 9.17) is 4.74 Å². The molecule has 94 valence electrons. The monoisotopic (exact) mass is 298 g/mol. The highest BCUT2D eigenvalue weighted by Gasteiger charge is 2.16. The molecule has 1 aromatic rings. The number of hydrogen-bond acceptors (Lipinski definition) is 3. The van der Waals surface area contributed by atoms with Gasteiger partial charge < -0.3 is 10.1 Å². The third kappa shape index (κ3) is 3.98. The van der Waals surface area contributed by atoms with Crippen molar-refractivity contribution in [2.75, 3.05) is 32.8 Å². The van der Waals surface area contributed by atoms with E-state index in [1.165, 1.54) is 0 Å². The SMILES string of the molecule is CC1CNCCN1CCOc1ccc(Br)cc1. The molecule has 3 nitrogen and oxygen atoms in total. The molecule has 0 aromatic heterocycles. The zero-order chi connectivity index (χ0) is 12.1. The lowest BCUT2D eigenvalue weighted by molar-refractivity contribution is 0.143. The van der Waals surface area contributed by atoms with Crippen molar-refractivity contribution >= 4 is 15.9 Å².